The number of rotatable bonds is 3. The third-order valence-electron chi connectivity index (χ3n) is 5.26. The first kappa shape index (κ1) is 17.5. The highest BCUT2D eigenvalue weighted by Gasteiger charge is 2.24. The number of hydrogen-bond donors (Lipinski definition) is 0. The van der Waals surface area contributed by atoms with Gasteiger partial charge in [0, 0.05) is 12.6 Å². The topological polar surface area (TPSA) is 73.0 Å². The molecular formula is C20H23N5O2. The van der Waals surface area contributed by atoms with Gasteiger partial charge in [-0.15, -0.1) is 0 Å². The summed E-state index contributed by atoms with van der Waals surface area (Å²) < 4.78 is 3.03. The fourth-order valence-electron chi connectivity index (χ4n) is 3.64. The molecule has 7 heteroatoms. The number of aryl methyl sites for hydroxylation is 1. The van der Waals surface area contributed by atoms with E-state index in [9.17, 15) is 9.59 Å². The summed E-state index contributed by atoms with van der Waals surface area (Å²) in [7, 11) is 0. The zero-order chi connectivity index (χ0) is 19.0. The molecule has 1 atom stereocenters. The molecule has 0 N–H and O–H groups in total. The van der Waals surface area contributed by atoms with Crippen molar-refractivity contribution in [3.05, 3.63) is 52.7 Å². The number of amides is 1. The first-order chi connectivity index (χ1) is 13.0. The smallest absolute Gasteiger partial charge is 0.264 e. The van der Waals surface area contributed by atoms with Crippen molar-refractivity contribution in [2.75, 3.05) is 6.54 Å². The lowest BCUT2D eigenvalue weighted by atomic mass is 10.0. The minimum atomic E-state index is -0.239. The number of piperidine rings is 1. The molecule has 0 radical (unpaired) electrons. The van der Waals surface area contributed by atoms with Crippen LogP contribution >= 0.6 is 0 Å². The van der Waals surface area contributed by atoms with E-state index in [1.165, 1.54) is 17.1 Å². The Morgan fingerprint density at radius 3 is 2.74 bits per heavy atom. The monoisotopic (exact) mass is 365 g/mol. The average molecular weight is 365 g/mol. The summed E-state index contributed by atoms with van der Waals surface area (Å²) in [5.41, 5.74) is 2.25. The summed E-state index contributed by atoms with van der Waals surface area (Å²) in [6, 6.07) is 8.08. The summed E-state index contributed by atoms with van der Waals surface area (Å²) in [5, 5.41) is 4.74. The minimum Gasteiger partial charge on any atom is -0.338 e. The third-order valence-corrected chi connectivity index (χ3v) is 5.26. The van der Waals surface area contributed by atoms with Crippen LogP contribution in [-0.4, -0.2) is 42.7 Å². The predicted octanol–water partition coefficient (Wildman–Crippen LogP) is 2.29. The van der Waals surface area contributed by atoms with Crippen LogP contribution in [0.3, 0.4) is 0 Å². The maximum Gasteiger partial charge on any atom is 0.264 e. The molecule has 1 amide bonds. The predicted molar refractivity (Wildman–Crippen MR) is 103 cm³/mol. The van der Waals surface area contributed by atoms with Crippen LogP contribution in [0.5, 0.6) is 0 Å². The highest BCUT2D eigenvalue weighted by atomic mass is 16.2. The molecule has 0 bridgehead atoms. The molecule has 2 aromatic heterocycles. The first-order valence-corrected chi connectivity index (χ1v) is 9.34. The van der Waals surface area contributed by atoms with Gasteiger partial charge in [0.1, 0.15) is 18.3 Å². The average Bonchev–Trinajstić information content (AvgIpc) is 3.10. The molecule has 1 fully saturated rings. The third kappa shape index (κ3) is 3.25. The van der Waals surface area contributed by atoms with Crippen molar-refractivity contribution in [3.63, 3.8) is 0 Å². The molecule has 1 aromatic carbocycles. The summed E-state index contributed by atoms with van der Waals surface area (Å²) in [4.78, 5) is 31.7. The Morgan fingerprint density at radius 2 is 2.00 bits per heavy atom. The highest BCUT2D eigenvalue weighted by molar-refractivity contribution is 5.78. The van der Waals surface area contributed by atoms with Crippen LogP contribution in [0.25, 0.3) is 16.7 Å². The van der Waals surface area contributed by atoms with Crippen molar-refractivity contribution in [1.82, 2.24) is 24.2 Å². The Bertz CT molecular complexity index is 1030. The first-order valence-electron chi connectivity index (χ1n) is 9.34. The van der Waals surface area contributed by atoms with Crippen molar-refractivity contribution in [2.45, 2.75) is 45.7 Å². The van der Waals surface area contributed by atoms with Crippen LogP contribution in [0, 0.1) is 6.92 Å². The van der Waals surface area contributed by atoms with Crippen LogP contribution in [0.1, 0.15) is 31.7 Å². The van der Waals surface area contributed by atoms with E-state index in [2.05, 4.69) is 17.0 Å². The van der Waals surface area contributed by atoms with Crippen LogP contribution in [0.4, 0.5) is 0 Å². The zero-order valence-electron chi connectivity index (χ0n) is 15.6. The molecule has 3 heterocycles. The van der Waals surface area contributed by atoms with Gasteiger partial charge < -0.3 is 4.90 Å². The number of likely N-dealkylation sites (tertiary alicyclic amines) is 1. The van der Waals surface area contributed by atoms with Gasteiger partial charge in [0.15, 0.2) is 5.65 Å². The van der Waals surface area contributed by atoms with E-state index in [1.54, 1.807) is 4.68 Å². The number of hydrogen-bond acceptors (Lipinski definition) is 4. The Hall–Kier alpha value is -2.96. The Labute approximate surface area is 157 Å². The summed E-state index contributed by atoms with van der Waals surface area (Å²) in [5.74, 6) is -0.0311. The van der Waals surface area contributed by atoms with E-state index in [0.717, 1.165) is 37.1 Å². The lowest BCUT2D eigenvalue weighted by Crippen LogP contribution is -2.44. The van der Waals surface area contributed by atoms with Gasteiger partial charge in [0.05, 0.1) is 11.9 Å². The number of carbonyl (C=O) groups is 1. The molecule has 0 aliphatic carbocycles. The fourth-order valence-corrected chi connectivity index (χ4v) is 3.64. The molecule has 140 valence electrons. The van der Waals surface area contributed by atoms with E-state index in [-0.39, 0.29) is 24.1 Å². The number of benzene rings is 1. The Kier molecular flexibility index (Phi) is 4.51. The van der Waals surface area contributed by atoms with E-state index >= 15 is 0 Å². The van der Waals surface area contributed by atoms with Gasteiger partial charge in [0.2, 0.25) is 5.91 Å². The van der Waals surface area contributed by atoms with Crippen molar-refractivity contribution < 1.29 is 4.79 Å². The fraction of sp³-hybridized carbons (Fsp3) is 0.400. The number of carbonyl (C=O) groups excluding carboxylic acids is 1. The molecule has 0 unspecified atom stereocenters. The number of aromatic nitrogens is 4. The van der Waals surface area contributed by atoms with Crippen LogP contribution in [0.2, 0.25) is 0 Å². The van der Waals surface area contributed by atoms with Gasteiger partial charge in [0.25, 0.3) is 5.56 Å². The minimum absolute atomic E-state index is 0.0157. The maximum atomic E-state index is 12.8. The molecule has 1 saturated heterocycles. The molecule has 4 rings (SSSR count). The second kappa shape index (κ2) is 6.98. The molecule has 0 spiro atoms. The lowest BCUT2D eigenvalue weighted by Gasteiger charge is -2.33. The summed E-state index contributed by atoms with van der Waals surface area (Å²) in [6.45, 7) is 4.85. The molecular weight excluding hydrogens is 342 g/mol. The molecule has 1 aliphatic rings. The molecule has 27 heavy (non-hydrogen) atoms. The molecule has 7 nitrogen and oxygen atoms in total. The van der Waals surface area contributed by atoms with E-state index in [1.807, 2.05) is 36.1 Å². The Morgan fingerprint density at radius 1 is 1.22 bits per heavy atom. The van der Waals surface area contributed by atoms with E-state index in [4.69, 9.17) is 0 Å². The van der Waals surface area contributed by atoms with Gasteiger partial charge >= 0.3 is 0 Å². The molecule has 0 saturated carbocycles. The Balaban J connectivity index is 1.64. The number of fused-ring (bicyclic) bond motifs is 1. The maximum absolute atomic E-state index is 12.8. The largest absolute Gasteiger partial charge is 0.338 e. The van der Waals surface area contributed by atoms with Gasteiger partial charge in [-0.05, 0) is 45.2 Å². The van der Waals surface area contributed by atoms with Crippen molar-refractivity contribution in [1.29, 1.82) is 0 Å². The molecule has 1 aliphatic heterocycles. The number of nitrogens with zero attached hydrogens (tertiary/aromatic N) is 5. The van der Waals surface area contributed by atoms with Gasteiger partial charge in [-0.1, -0.05) is 17.7 Å². The van der Waals surface area contributed by atoms with Crippen LogP contribution in [-0.2, 0) is 11.3 Å². The second-order valence-electron chi connectivity index (χ2n) is 7.24. The van der Waals surface area contributed by atoms with Gasteiger partial charge in [-0.25, -0.2) is 9.67 Å². The standard InChI is InChI=1S/C20H23N5O2/c1-14-6-8-16(9-7-14)25-19-17(11-22-25)20(27)23(13-21-19)12-18(26)24-10-4-3-5-15(24)2/h6-9,11,13,15H,3-5,10,12H2,1-2H3/t15-/m1/s1. The SMILES string of the molecule is Cc1ccc(-n2ncc3c(=O)n(CC(=O)N4CCCC[C@H]4C)cnc32)cc1. The van der Waals surface area contributed by atoms with Crippen molar-refractivity contribution in [3.8, 4) is 5.69 Å². The second-order valence-corrected chi connectivity index (χ2v) is 7.24. The highest BCUT2D eigenvalue weighted by Crippen LogP contribution is 2.17. The normalized spacial score (nSPS) is 17.4. The zero-order valence-corrected chi connectivity index (χ0v) is 15.6. The lowest BCUT2D eigenvalue weighted by molar-refractivity contribution is -0.135. The van der Waals surface area contributed by atoms with Gasteiger partial charge in [-0.2, -0.15) is 5.10 Å². The molecule has 3 aromatic rings. The van der Waals surface area contributed by atoms with Gasteiger partial charge in [-0.3, -0.25) is 14.2 Å². The summed E-state index contributed by atoms with van der Waals surface area (Å²) in [6.07, 6.45) is 6.15. The quantitative estimate of drug-likeness (QED) is 0.714. The summed E-state index contributed by atoms with van der Waals surface area (Å²) >= 11 is 0. The van der Waals surface area contributed by atoms with Crippen LogP contribution in [0.15, 0.2) is 41.6 Å². The van der Waals surface area contributed by atoms with Crippen molar-refractivity contribution in [2.24, 2.45) is 0 Å². The van der Waals surface area contributed by atoms with E-state index in [0.29, 0.717) is 11.0 Å². The van der Waals surface area contributed by atoms with E-state index < -0.39 is 0 Å². The van der Waals surface area contributed by atoms with Crippen LogP contribution < -0.4 is 5.56 Å². The van der Waals surface area contributed by atoms with Crippen molar-refractivity contribution >= 4 is 16.9 Å².